The van der Waals surface area contributed by atoms with Crippen LogP contribution in [0.25, 0.3) is 5.82 Å². The molecule has 0 saturated heterocycles. The van der Waals surface area contributed by atoms with Crippen molar-refractivity contribution in [2.45, 2.75) is 23.1 Å². The first-order valence-electron chi connectivity index (χ1n) is 6.88. The van der Waals surface area contributed by atoms with Gasteiger partial charge < -0.3 is 5.32 Å². The Morgan fingerprint density at radius 1 is 1.48 bits per heavy atom. The van der Waals surface area contributed by atoms with Crippen LogP contribution in [0, 0.1) is 0 Å². The Hall–Kier alpha value is -2.26. The number of aromatic nitrogens is 5. The van der Waals surface area contributed by atoms with Crippen LogP contribution < -0.4 is 5.32 Å². The van der Waals surface area contributed by atoms with Crippen LogP contribution in [0.3, 0.4) is 0 Å². The summed E-state index contributed by atoms with van der Waals surface area (Å²) in [4.78, 5) is 16.4. The average Bonchev–Trinajstić information content (AvgIpc) is 3.26. The fourth-order valence-electron chi connectivity index (χ4n) is 1.85. The second-order valence-corrected chi connectivity index (χ2v) is 7.08. The highest BCUT2D eigenvalue weighted by atomic mass is 32.2. The van der Waals surface area contributed by atoms with Gasteiger partial charge in [-0.15, -0.1) is 10.2 Å². The molecule has 0 fully saturated rings. The number of amides is 1. The van der Waals surface area contributed by atoms with Crippen LogP contribution in [0.4, 0.5) is 0 Å². The van der Waals surface area contributed by atoms with E-state index in [1.54, 1.807) is 22.6 Å². The maximum absolute atomic E-state index is 12.1. The van der Waals surface area contributed by atoms with Crippen molar-refractivity contribution in [1.29, 1.82) is 0 Å². The predicted octanol–water partition coefficient (Wildman–Crippen LogP) is 1.92. The van der Waals surface area contributed by atoms with Gasteiger partial charge in [-0.3, -0.25) is 4.79 Å². The molecule has 0 aromatic carbocycles. The summed E-state index contributed by atoms with van der Waals surface area (Å²) in [5.74, 6) is 0.681. The van der Waals surface area contributed by atoms with Crippen molar-refractivity contribution < 1.29 is 4.79 Å². The molecule has 0 unspecified atom stereocenters. The van der Waals surface area contributed by atoms with E-state index in [0.29, 0.717) is 6.54 Å². The Labute approximate surface area is 141 Å². The molecule has 0 aliphatic heterocycles. The first-order chi connectivity index (χ1) is 11.2. The maximum Gasteiger partial charge on any atom is 0.233 e. The van der Waals surface area contributed by atoms with Gasteiger partial charge >= 0.3 is 0 Å². The Kier molecular flexibility index (Phi) is 4.99. The minimum absolute atomic E-state index is 0.0392. The number of pyridine rings is 1. The van der Waals surface area contributed by atoms with Crippen LogP contribution in [-0.2, 0) is 11.3 Å². The SMILES string of the molecule is C[C@H](Sc1nncs1)C(=O)NCc1ccnc(-n2cccn2)c1. The predicted molar refractivity (Wildman–Crippen MR) is 88.4 cm³/mol. The third kappa shape index (κ3) is 4.14. The fraction of sp³-hybridized carbons (Fsp3) is 0.214. The van der Waals surface area contributed by atoms with Gasteiger partial charge in [0.1, 0.15) is 5.51 Å². The quantitative estimate of drug-likeness (QED) is 0.686. The van der Waals surface area contributed by atoms with Gasteiger partial charge in [-0.1, -0.05) is 23.1 Å². The normalized spacial score (nSPS) is 12.0. The van der Waals surface area contributed by atoms with E-state index in [4.69, 9.17) is 0 Å². The van der Waals surface area contributed by atoms with Crippen LogP contribution in [0.2, 0.25) is 0 Å². The second-order valence-electron chi connectivity index (χ2n) is 4.66. The Morgan fingerprint density at radius 3 is 3.13 bits per heavy atom. The zero-order chi connectivity index (χ0) is 16.1. The van der Waals surface area contributed by atoms with Gasteiger partial charge in [-0.25, -0.2) is 9.67 Å². The van der Waals surface area contributed by atoms with E-state index in [9.17, 15) is 4.79 Å². The summed E-state index contributed by atoms with van der Waals surface area (Å²) in [5, 5.41) is 14.5. The molecule has 0 bridgehead atoms. The van der Waals surface area contributed by atoms with Crippen molar-refractivity contribution in [3.8, 4) is 5.82 Å². The van der Waals surface area contributed by atoms with E-state index in [1.807, 2.05) is 31.3 Å². The zero-order valence-corrected chi connectivity index (χ0v) is 13.9. The fourth-order valence-corrected chi connectivity index (χ4v) is 3.50. The molecule has 1 N–H and O–H groups in total. The highest BCUT2D eigenvalue weighted by Gasteiger charge is 2.15. The summed E-state index contributed by atoms with van der Waals surface area (Å²) < 4.78 is 2.47. The molecule has 118 valence electrons. The number of nitrogens with one attached hydrogen (secondary N) is 1. The molecule has 3 rings (SSSR count). The van der Waals surface area contributed by atoms with E-state index >= 15 is 0 Å². The van der Waals surface area contributed by atoms with Gasteiger partial charge in [-0.2, -0.15) is 5.10 Å². The van der Waals surface area contributed by atoms with E-state index in [-0.39, 0.29) is 11.2 Å². The molecule has 0 spiro atoms. The van der Waals surface area contributed by atoms with Gasteiger partial charge in [0, 0.05) is 25.1 Å². The summed E-state index contributed by atoms with van der Waals surface area (Å²) in [5.41, 5.74) is 2.62. The van der Waals surface area contributed by atoms with Crippen molar-refractivity contribution in [3.05, 3.63) is 47.9 Å². The maximum atomic E-state index is 12.1. The van der Waals surface area contributed by atoms with Gasteiger partial charge in [0.2, 0.25) is 5.91 Å². The van der Waals surface area contributed by atoms with Gasteiger partial charge in [0.25, 0.3) is 0 Å². The van der Waals surface area contributed by atoms with Crippen molar-refractivity contribution in [1.82, 2.24) is 30.3 Å². The number of carbonyl (C=O) groups excluding carboxylic acids is 1. The molecular weight excluding hydrogens is 332 g/mol. The number of hydrogen-bond acceptors (Lipinski definition) is 7. The van der Waals surface area contributed by atoms with E-state index < -0.39 is 0 Å². The smallest absolute Gasteiger partial charge is 0.233 e. The van der Waals surface area contributed by atoms with Crippen LogP contribution in [0.15, 0.2) is 46.6 Å². The summed E-state index contributed by atoms with van der Waals surface area (Å²) in [7, 11) is 0. The Morgan fingerprint density at radius 2 is 2.39 bits per heavy atom. The molecular formula is C14H14N6OS2. The number of carbonyl (C=O) groups is 1. The molecule has 3 aromatic heterocycles. The summed E-state index contributed by atoms with van der Waals surface area (Å²) in [6, 6.07) is 5.61. The molecule has 0 aliphatic carbocycles. The van der Waals surface area contributed by atoms with Crippen LogP contribution in [0.5, 0.6) is 0 Å². The third-order valence-electron chi connectivity index (χ3n) is 3.00. The molecule has 0 radical (unpaired) electrons. The van der Waals surface area contributed by atoms with Gasteiger partial charge in [0.15, 0.2) is 10.2 Å². The molecule has 0 aliphatic rings. The number of hydrogen-bond donors (Lipinski definition) is 1. The third-order valence-corrected chi connectivity index (χ3v) is 4.91. The van der Waals surface area contributed by atoms with Crippen molar-refractivity contribution in [2.24, 2.45) is 0 Å². The lowest BCUT2D eigenvalue weighted by Gasteiger charge is -2.10. The highest BCUT2D eigenvalue weighted by Crippen LogP contribution is 2.24. The second kappa shape index (κ2) is 7.34. The first kappa shape index (κ1) is 15.6. The summed E-state index contributed by atoms with van der Waals surface area (Å²) in [6.07, 6.45) is 5.23. The Balaban J connectivity index is 1.57. The average molecular weight is 346 g/mol. The first-order valence-corrected chi connectivity index (χ1v) is 8.64. The van der Waals surface area contributed by atoms with Crippen molar-refractivity contribution in [2.75, 3.05) is 0 Å². The molecule has 9 heteroatoms. The van der Waals surface area contributed by atoms with E-state index in [1.165, 1.54) is 23.1 Å². The topological polar surface area (TPSA) is 85.6 Å². The Bertz CT molecular complexity index is 759. The van der Waals surface area contributed by atoms with Gasteiger partial charge in [0.05, 0.1) is 5.25 Å². The molecule has 1 amide bonds. The van der Waals surface area contributed by atoms with Crippen molar-refractivity contribution >= 4 is 29.0 Å². The molecule has 3 heterocycles. The minimum atomic E-state index is -0.227. The largest absolute Gasteiger partial charge is 0.351 e. The minimum Gasteiger partial charge on any atom is -0.351 e. The molecule has 0 saturated carbocycles. The number of nitrogens with zero attached hydrogens (tertiary/aromatic N) is 5. The summed E-state index contributed by atoms with van der Waals surface area (Å²) in [6.45, 7) is 2.29. The van der Waals surface area contributed by atoms with Gasteiger partial charge in [-0.05, 0) is 30.7 Å². The lowest BCUT2D eigenvalue weighted by atomic mass is 10.2. The van der Waals surface area contributed by atoms with Crippen LogP contribution >= 0.6 is 23.1 Å². The molecule has 7 nitrogen and oxygen atoms in total. The molecule has 3 aromatic rings. The lowest BCUT2D eigenvalue weighted by molar-refractivity contribution is -0.120. The van der Waals surface area contributed by atoms with Crippen molar-refractivity contribution in [3.63, 3.8) is 0 Å². The molecule has 1 atom stereocenters. The van der Waals surface area contributed by atoms with Crippen LogP contribution in [-0.4, -0.2) is 36.1 Å². The van der Waals surface area contributed by atoms with E-state index in [0.717, 1.165) is 15.7 Å². The van der Waals surface area contributed by atoms with E-state index in [2.05, 4.69) is 25.6 Å². The molecule has 23 heavy (non-hydrogen) atoms. The highest BCUT2D eigenvalue weighted by molar-refractivity contribution is 8.02. The monoisotopic (exact) mass is 346 g/mol. The summed E-state index contributed by atoms with van der Waals surface area (Å²) >= 11 is 2.83. The number of thioether (sulfide) groups is 1. The standard InChI is InChI=1S/C14H14N6OS2/c1-10(23-14-19-17-9-22-14)13(21)16-8-11-3-5-15-12(7-11)20-6-2-4-18-20/h2-7,9-10H,8H2,1H3,(H,16,21)/t10-/m0/s1. The zero-order valence-electron chi connectivity index (χ0n) is 12.3. The lowest BCUT2D eigenvalue weighted by Crippen LogP contribution is -2.30. The number of rotatable bonds is 6. The van der Waals surface area contributed by atoms with Crippen LogP contribution in [0.1, 0.15) is 12.5 Å².